The molecule has 2 atom stereocenters. The van der Waals surface area contributed by atoms with Gasteiger partial charge in [-0.05, 0) is 94.2 Å². The average Bonchev–Trinajstić information content (AvgIpc) is 3.65. The van der Waals surface area contributed by atoms with Crippen molar-refractivity contribution in [2.45, 2.75) is 116 Å². The van der Waals surface area contributed by atoms with E-state index in [4.69, 9.17) is 0 Å². The number of hydrogen-bond donors (Lipinski definition) is 0. The molecule has 48 heavy (non-hydrogen) atoms. The number of benzene rings is 4. The smallest absolute Gasteiger partial charge is 0.0397 e. The summed E-state index contributed by atoms with van der Waals surface area (Å²) in [4.78, 5) is 0. The van der Waals surface area contributed by atoms with Crippen LogP contribution in [0.3, 0.4) is 0 Å². The van der Waals surface area contributed by atoms with Crippen molar-refractivity contribution in [3.05, 3.63) is 129 Å². The second kappa shape index (κ2) is 17.9. The van der Waals surface area contributed by atoms with Crippen molar-refractivity contribution in [2.24, 2.45) is 0 Å². The molecule has 0 spiro atoms. The average molecular weight is 726 g/mol. The van der Waals surface area contributed by atoms with Crippen LogP contribution in [0.5, 0.6) is 0 Å². The summed E-state index contributed by atoms with van der Waals surface area (Å²) in [6.07, 6.45) is 17.4. The van der Waals surface area contributed by atoms with Gasteiger partial charge in [0.05, 0.1) is 0 Å². The van der Waals surface area contributed by atoms with Gasteiger partial charge in [0.25, 0.3) is 0 Å². The van der Waals surface area contributed by atoms with Crippen molar-refractivity contribution < 1.29 is 26.2 Å². The molecule has 2 radical (unpaired) electrons. The standard InChI is InChI=1S/C46H54Si.Zr/c1-5-9-15-37-29-43-39(35-25-21-33(13-7-3)22-26-35)17-11-19-41(43)45(37)31-47-32-46-38(16-10-6-2)30-44-40(18-12-20-42(44)46)36-27-23-34(14-8-4)24-28-36;/h11-12,17-30,45-46H,5-10,13-16,31-32H2,1-4H3;. The van der Waals surface area contributed by atoms with Gasteiger partial charge in [0.2, 0.25) is 0 Å². The Morgan fingerprint density at radius 2 is 0.896 bits per heavy atom. The summed E-state index contributed by atoms with van der Waals surface area (Å²) in [7, 11) is 0.947. The van der Waals surface area contributed by atoms with Crippen molar-refractivity contribution >= 4 is 21.7 Å². The SMILES string of the molecule is CCCCC1=Cc2c(-c3ccc(CCC)cc3)cccc2C1C[Si]CC1C(CCCC)=Cc2c(-c3ccc(CCC)cc3)cccc21.[Zr]. The Morgan fingerprint density at radius 3 is 1.27 bits per heavy atom. The second-order valence-corrected chi connectivity index (χ2v) is 15.2. The topological polar surface area (TPSA) is 0 Å². The molecule has 0 saturated heterocycles. The quantitative estimate of drug-likeness (QED) is 0.101. The molecule has 4 aromatic rings. The Morgan fingerprint density at radius 1 is 0.479 bits per heavy atom. The van der Waals surface area contributed by atoms with E-state index >= 15 is 0 Å². The number of unbranched alkanes of at least 4 members (excludes halogenated alkanes) is 2. The third-order valence-electron chi connectivity index (χ3n) is 10.5. The van der Waals surface area contributed by atoms with Crippen molar-refractivity contribution in [1.82, 2.24) is 0 Å². The minimum Gasteiger partial charge on any atom is -0.0654 e. The van der Waals surface area contributed by atoms with Gasteiger partial charge < -0.3 is 0 Å². The molecule has 0 fully saturated rings. The molecule has 0 aromatic heterocycles. The Balaban J connectivity index is 0.00000451. The zero-order valence-electron chi connectivity index (χ0n) is 29.9. The zero-order chi connectivity index (χ0) is 32.6. The number of hydrogen-bond acceptors (Lipinski definition) is 0. The van der Waals surface area contributed by atoms with E-state index in [1.54, 1.807) is 22.3 Å². The van der Waals surface area contributed by atoms with Crippen LogP contribution in [0.1, 0.15) is 124 Å². The Labute approximate surface area is 313 Å². The van der Waals surface area contributed by atoms with Crippen LogP contribution in [0.4, 0.5) is 0 Å². The van der Waals surface area contributed by atoms with Gasteiger partial charge in [-0.2, -0.15) is 0 Å². The maximum absolute atomic E-state index is 2.59. The molecule has 2 heteroatoms. The third-order valence-corrected chi connectivity index (χ3v) is 11.9. The van der Waals surface area contributed by atoms with E-state index < -0.39 is 0 Å². The first kappa shape index (κ1) is 36.7. The van der Waals surface area contributed by atoms with E-state index in [0.29, 0.717) is 11.8 Å². The van der Waals surface area contributed by atoms with Crippen LogP contribution in [-0.4, -0.2) is 9.52 Å². The van der Waals surface area contributed by atoms with Gasteiger partial charge in [-0.15, -0.1) is 0 Å². The predicted octanol–water partition coefficient (Wildman–Crippen LogP) is 13.5. The summed E-state index contributed by atoms with van der Waals surface area (Å²) in [6.45, 7) is 9.19. The number of fused-ring (bicyclic) bond motifs is 2. The van der Waals surface area contributed by atoms with E-state index in [1.165, 1.54) is 108 Å². The maximum Gasteiger partial charge on any atom is 0.0397 e. The third kappa shape index (κ3) is 8.25. The summed E-state index contributed by atoms with van der Waals surface area (Å²) < 4.78 is 0. The van der Waals surface area contributed by atoms with Crippen LogP contribution in [0.2, 0.25) is 12.1 Å². The minimum atomic E-state index is 0. The Bertz CT molecular complexity index is 1560. The van der Waals surface area contributed by atoms with E-state index in [9.17, 15) is 0 Å². The molecule has 246 valence electrons. The molecule has 2 unspecified atom stereocenters. The number of allylic oxidation sites excluding steroid dienone is 2. The first-order chi connectivity index (χ1) is 23.1. The van der Waals surface area contributed by atoms with Gasteiger partial charge in [0.15, 0.2) is 0 Å². The van der Waals surface area contributed by atoms with Gasteiger partial charge in [0, 0.05) is 47.6 Å². The van der Waals surface area contributed by atoms with E-state index in [-0.39, 0.29) is 26.2 Å². The first-order valence-corrected chi connectivity index (χ1v) is 20.1. The van der Waals surface area contributed by atoms with Gasteiger partial charge in [-0.3, -0.25) is 0 Å². The zero-order valence-corrected chi connectivity index (χ0v) is 33.3. The molecular weight excluding hydrogens is 672 g/mol. The predicted molar refractivity (Wildman–Crippen MR) is 208 cm³/mol. The molecule has 0 N–H and O–H groups in total. The normalized spacial score (nSPS) is 16.2. The van der Waals surface area contributed by atoms with Crippen LogP contribution in [0.25, 0.3) is 34.4 Å². The molecule has 0 amide bonds. The monoisotopic (exact) mass is 724 g/mol. The fourth-order valence-electron chi connectivity index (χ4n) is 7.96. The molecule has 0 saturated carbocycles. The largest absolute Gasteiger partial charge is 0.0654 e. The van der Waals surface area contributed by atoms with Crippen LogP contribution < -0.4 is 0 Å². The second-order valence-electron chi connectivity index (χ2n) is 13.9. The Hall–Kier alpha value is -2.54. The molecule has 2 aliphatic rings. The fourth-order valence-corrected chi connectivity index (χ4v) is 9.67. The molecule has 0 nitrogen and oxygen atoms in total. The van der Waals surface area contributed by atoms with Crippen LogP contribution in [0, 0.1) is 0 Å². The van der Waals surface area contributed by atoms with Crippen LogP contribution in [0.15, 0.2) is 96.1 Å². The van der Waals surface area contributed by atoms with Gasteiger partial charge >= 0.3 is 0 Å². The van der Waals surface area contributed by atoms with Crippen LogP contribution >= 0.6 is 0 Å². The molecule has 2 aliphatic carbocycles. The van der Waals surface area contributed by atoms with Crippen molar-refractivity contribution in [3.63, 3.8) is 0 Å². The Kier molecular flexibility index (Phi) is 13.7. The van der Waals surface area contributed by atoms with E-state index in [1.807, 2.05) is 0 Å². The summed E-state index contributed by atoms with van der Waals surface area (Å²) in [6, 6.07) is 35.5. The molecular formula is C46H54SiZr. The molecule has 6 rings (SSSR count). The number of rotatable bonds is 16. The number of aryl methyl sites for hydroxylation is 2. The van der Waals surface area contributed by atoms with E-state index in [0.717, 1.165) is 22.4 Å². The van der Waals surface area contributed by atoms with E-state index in [2.05, 4.69) is 125 Å². The molecule has 0 heterocycles. The van der Waals surface area contributed by atoms with Crippen molar-refractivity contribution in [2.75, 3.05) is 0 Å². The summed E-state index contributed by atoms with van der Waals surface area (Å²) in [5, 5.41) is 0. The fraction of sp³-hybridized carbons (Fsp3) is 0.391. The maximum atomic E-state index is 2.59. The van der Waals surface area contributed by atoms with Gasteiger partial charge in [-0.1, -0.05) is 174 Å². The first-order valence-electron chi connectivity index (χ1n) is 18.7. The summed E-state index contributed by atoms with van der Waals surface area (Å²) >= 11 is 0. The molecule has 4 aromatic carbocycles. The molecule has 0 aliphatic heterocycles. The summed E-state index contributed by atoms with van der Waals surface area (Å²) in [5.41, 5.74) is 17.9. The van der Waals surface area contributed by atoms with Gasteiger partial charge in [-0.25, -0.2) is 0 Å². The summed E-state index contributed by atoms with van der Waals surface area (Å²) in [5.74, 6) is 1.12. The van der Waals surface area contributed by atoms with Gasteiger partial charge in [0.1, 0.15) is 0 Å². The molecule has 0 bridgehead atoms. The van der Waals surface area contributed by atoms with Crippen LogP contribution in [-0.2, 0) is 39.0 Å². The van der Waals surface area contributed by atoms with Crippen molar-refractivity contribution in [3.8, 4) is 22.3 Å². The minimum absolute atomic E-state index is 0. The van der Waals surface area contributed by atoms with Crippen molar-refractivity contribution in [1.29, 1.82) is 0 Å².